The number of benzene rings is 1. The number of nitrogens with two attached hydrogens (primary N) is 1. The number of halogens is 1. The molecule has 1 aromatic carbocycles. The van der Waals surface area contributed by atoms with Gasteiger partial charge in [0.15, 0.2) is 0 Å². The molecule has 0 aliphatic heterocycles. The minimum Gasteiger partial charge on any atom is -0.397 e. The first kappa shape index (κ1) is 12.9. The van der Waals surface area contributed by atoms with E-state index in [0.29, 0.717) is 5.69 Å². The molecule has 0 aliphatic rings. The molecule has 0 bridgehead atoms. The maximum absolute atomic E-state index is 5.80. The highest BCUT2D eigenvalue weighted by molar-refractivity contribution is 9.10. The highest BCUT2D eigenvalue weighted by Gasteiger charge is 2.06. The number of pyridine rings is 1. The number of hydrogen-bond donors (Lipinski definition) is 2. The van der Waals surface area contributed by atoms with Crippen molar-refractivity contribution in [2.75, 3.05) is 11.1 Å². The van der Waals surface area contributed by atoms with Crippen molar-refractivity contribution >= 4 is 27.4 Å². The van der Waals surface area contributed by atoms with Crippen LogP contribution in [0.15, 0.2) is 34.9 Å². The topological polar surface area (TPSA) is 50.9 Å². The van der Waals surface area contributed by atoms with Gasteiger partial charge in [-0.3, -0.25) is 0 Å². The number of nitrogens with one attached hydrogen (secondary N) is 1. The molecule has 0 fully saturated rings. The minimum absolute atomic E-state index is 0.697. The Kier molecular flexibility index (Phi) is 3.87. The Hall–Kier alpha value is -1.55. The maximum Gasteiger partial charge on any atom is 0.140 e. The summed E-state index contributed by atoms with van der Waals surface area (Å²) in [6.45, 7) is 4.81. The third-order valence-electron chi connectivity index (χ3n) is 2.85. The highest BCUT2D eigenvalue weighted by Crippen LogP contribution is 2.27. The number of nitrogens with zero attached hydrogens (tertiary/aromatic N) is 1. The van der Waals surface area contributed by atoms with Crippen molar-refractivity contribution in [3.63, 3.8) is 0 Å². The number of hydrogen-bond acceptors (Lipinski definition) is 3. The van der Waals surface area contributed by atoms with Gasteiger partial charge in [0.2, 0.25) is 0 Å². The van der Waals surface area contributed by atoms with E-state index in [0.717, 1.165) is 22.4 Å². The molecule has 1 aromatic heterocycles. The first-order valence-corrected chi connectivity index (χ1v) is 6.57. The van der Waals surface area contributed by atoms with Crippen LogP contribution in [0.25, 0.3) is 0 Å². The molecule has 0 atom stereocenters. The van der Waals surface area contributed by atoms with Crippen molar-refractivity contribution < 1.29 is 0 Å². The van der Waals surface area contributed by atoms with Gasteiger partial charge in [-0.05, 0) is 40.9 Å². The van der Waals surface area contributed by atoms with E-state index in [-0.39, 0.29) is 0 Å². The number of anilines is 2. The van der Waals surface area contributed by atoms with E-state index in [4.69, 9.17) is 5.73 Å². The van der Waals surface area contributed by atoms with Gasteiger partial charge in [0.05, 0.1) is 16.4 Å². The average Bonchev–Trinajstić information content (AvgIpc) is 2.35. The number of nitrogen functional groups attached to an aromatic ring is 1. The van der Waals surface area contributed by atoms with Crippen LogP contribution < -0.4 is 11.1 Å². The summed E-state index contributed by atoms with van der Waals surface area (Å²) < 4.78 is 0.926. The van der Waals surface area contributed by atoms with E-state index >= 15 is 0 Å². The zero-order chi connectivity index (χ0) is 13.1. The van der Waals surface area contributed by atoms with Gasteiger partial charge in [-0.2, -0.15) is 0 Å². The largest absolute Gasteiger partial charge is 0.397 e. The van der Waals surface area contributed by atoms with Crippen LogP contribution in [0.1, 0.15) is 16.7 Å². The fourth-order valence-corrected chi connectivity index (χ4v) is 2.19. The Bertz CT molecular complexity index is 567. The molecule has 0 aliphatic carbocycles. The SMILES string of the molecule is Cc1cccc(CNc2ncc(N)c(C)c2Br)c1. The monoisotopic (exact) mass is 305 g/mol. The molecule has 3 nitrogen and oxygen atoms in total. The zero-order valence-corrected chi connectivity index (χ0v) is 12.1. The molecule has 2 rings (SSSR count). The zero-order valence-electron chi connectivity index (χ0n) is 10.5. The van der Waals surface area contributed by atoms with Crippen LogP contribution in [0, 0.1) is 13.8 Å². The molecular weight excluding hydrogens is 290 g/mol. The molecule has 1 heterocycles. The van der Waals surface area contributed by atoms with E-state index in [1.807, 2.05) is 6.92 Å². The predicted molar refractivity (Wildman–Crippen MR) is 79.6 cm³/mol. The summed E-state index contributed by atoms with van der Waals surface area (Å²) in [5.74, 6) is 0.822. The summed E-state index contributed by atoms with van der Waals surface area (Å²) in [5.41, 5.74) is 10.00. The fourth-order valence-electron chi connectivity index (χ4n) is 1.72. The number of aryl methyl sites for hydroxylation is 1. The van der Waals surface area contributed by atoms with Crippen molar-refractivity contribution in [2.24, 2.45) is 0 Å². The van der Waals surface area contributed by atoms with Crippen LogP contribution >= 0.6 is 15.9 Å². The van der Waals surface area contributed by atoms with Crippen LogP contribution in [0.5, 0.6) is 0 Å². The second-order valence-corrected chi connectivity index (χ2v) is 5.14. The molecule has 3 N–H and O–H groups in total. The molecule has 0 amide bonds. The van der Waals surface area contributed by atoms with Gasteiger partial charge >= 0.3 is 0 Å². The van der Waals surface area contributed by atoms with Gasteiger partial charge in [0, 0.05) is 6.54 Å². The Morgan fingerprint density at radius 3 is 2.83 bits per heavy atom. The van der Waals surface area contributed by atoms with Crippen molar-refractivity contribution in [1.82, 2.24) is 4.98 Å². The Labute approximate surface area is 116 Å². The molecule has 2 aromatic rings. The van der Waals surface area contributed by atoms with Gasteiger partial charge in [-0.25, -0.2) is 4.98 Å². The summed E-state index contributed by atoms with van der Waals surface area (Å²) in [4.78, 5) is 4.29. The molecular formula is C14H16BrN3. The standard InChI is InChI=1S/C14H16BrN3/c1-9-4-3-5-11(6-9)7-17-14-13(15)10(2)12(16)8-18-14/h3-6,8H,7,16H2,1-2H3,(H,17,18). The van der Waals surface area contributed by atoms with Crippen LogP contribution in [-0.4, -0.2) is 4.98 Å². The lowest BCUT2D eigenvalue weighted by atomic mass is 10.1. The van der Waals surface area contributed by atoms with Crippen LogP contribution in [0.4, 0.5) is 11.5 Å². The van der Waals surface area contributed by atoms with Gasteiger partial charge in [-0.1, -0.05) is 29.8 Å². The lowest BCUT2D eigenvalue weighted by molar-refractivity contribution is 1.09. The first-order valence-electron chi connectivity index (χ1n) is 5.78. The van der Waals surface area contributed by atoms with Crippen molar-refractivity contribution in [1.29, 1.82) is 0 Å². The molecule has 0 saturated carbocycles. The molecule has 0 radical (unpaired) electrons. The molecule has 0 unspecified atom stereocenters. The minimum atomic E-state index is 0.697. The normalized spacial score (nSPS) is 10.4. The summed E-state index contributed by atoms with van der Waals surface area (Å²) in [6, 6.07) is 8.40. The first-order chi connectivity index (χ1) is 8.58. The van der Waals surface area contributed by atoms with E-state index in [2.05, 4.69) is 57.4 Å². The van der Waals surface area contributed by atoms with Crippen molar-refractivity contribution in [2.45, 2.75) is 20.4 Å². The second-order valence-electron chi connectivity index (χ2n) is 4.34. The van der Waals surface area contributed by atoms with Gasteiger partial charge in [-0.15, -0.1) is 0 Å². The smallest absolute Gasteiger partial charge is 0.140 e. The Morgan fingerprint density at radius 1 is 1.33 bits per heavy atom. The summed E-state index contributed by atoms with van der Waals surface area (Å²) in [6.07, 6.45) is 1.68. The molecule has 94 valence electrons. The van der Waals surface area contributed by atoms with Gasteiger partial charge in [0.1, 0.15) is 5.82 Å². The summed E-state index contributed by atoms with van der Waals surface area (Å²) in [5, 5.41) is 3.31. The van der Waals surface area contributed by atoms with Gasteiger partial charge in [0.25, 0.3) is 0 Å². The highest BCUT2D eigenvalue weighted by atomic mass is 79.9. The van der Waals surface area contributed by atoms with E-state index < -0.39 is 0 Å². The number of rotatable bonds is 3. The quantitative estimate of drug-likeness (QED) is 0.910. The van der Waals surface area contributed by atoms with Crippen LogP contribution in [0.2, 0.25) is 0 Å². The van der Waals surface area contributed by atoms with Crippen molar-refractivity contribution in [3.8, 4) is 0 Å². The van der Waals surface area contributed by atoms with E-state index in [1.54, 1.807) is 6.20 Å². The predicted octanol–water partition coefficient (Wildman–Crippen LogP) is 3.66. The fraction of sp³-hybridized carbons (Fsp3) is 0.214. The van der Waals surface area contributed by atoms with Gasteiger partial charge < -0.3 is 11.1 Å². The molecule has 0 saturated heterocycles. The summed E-state index contributed by atoms with van der Waals surface area (Å²) in [7, 11) is 0. The molecule has 4 heteroatoms. The maximum atomic E-state index is 5.80. The Balaban J connectivity index is 2.14. The van der Waals surface area contributed by atoms with E-state index in [9.17, 15) is 0 Å². The third kappa shape index (κ3) is 2.82. The summed E-state index contributed by atoms with van der Waals surface area (Å²) >= 11 is 3.51. The number of aromatic nitrogens is 1. The van der Waals surface area contributed by atoms with Crippen LogP contribution in [-0.2, 0) is 6.54 Å². The van der Waals surface area contributed by atoms with E-state index in [1.165, 1.54) is 11.1 Å². The third-order valence-corrected chi connectivity index (χ3v) is 3.82. The molecule has 18 heavy (non-hydrogen) atoms. The van der Waals surface area contributed by atoms with Crippen molar-refractivity contribution in [3.05, 3.63) is 51.6 Å². The lowest BCUT2D eigenvalue weighted by Crippen LogP contribution is -2.04. The molecule has 0 spiro atoms. The second kappa shape index (κ2) is 5.40. The average molecular weight is 306 g/mol. The Morgan fingerprint density at radius 2 is 2.11 bits per heavy atom. The lowest BCUT2D eigenvalue weighted by Gasteiger charge is -2.11. The van der Waals surface area contributed by atoms with Crippen LogP contribution in [0.3, 0.4) is 0 Å².